The van der Waals surface area contributed by atoms with Crippen LogP contribution in [0.2, 0.25) is 0 Å². The quantitative estimate of drug-likeness (QED) is 0.492. The van der Waals surface area contributed by atoms with E-state index >= 15 is 0 Å². The van der Waals surface area contributed by atoms with E-state index in [1.165, 1.54) is 12.5 Å². The smallest absolute Gasteiger partial charge is 0.308 e. The summed E-state index contributed by atoms with van der Waals surface area (Å²) in [7, 11) is 0. The van der Waals surface area contributed by atoms with Crippen LogP contribution in [0.1, 0.15) is 58.1 Å². The second-order valence-corrected chi connectivity index (χ2v) is 7.23. The van der Waals surface area contributed by atoms with Crippen LogP contribution in [-0.4, -0.2) is 29.5 Å². The highest BCUT2D eigenvalue weighted by molar-refractivity contribution is 5.70. The van der Waals surface area contributed by atoms with Crippen LogP contribution in [0.4, 0.5) is 0 Å². The number of carbonyl (C=O) groups is 1. The largest absolute Gasteiger partial charge is 0.426 e. The molecule has 1 unspecified atom stereocenters. The lowest BCUT2D eigenvalue weighted by molar-refractivity contribution is -0.131. The Labute approximate surface area is 158 Å². The molecule has 1 radical (unpaired) electrons. The minimum Gasteiger partial charge on any atom is -0.426 e. The number of benzene rings is 2. The Morgan fingerprint density at radius 2 is 1.73 bits per heavy atom. The molecule has 0 N–H and O–H groups in total. The highest BCUT2D eigenvalue weighted by atomic mass is 16.5. The van der Waals surface area contributed by atoms with Crippen molar-refractivity contribution in [3.8, 4) is 5.75 Å². The van der Waals surface area contributed by atoms with Crippen molar-refractivity contribution in [1.82, 2.24) is 4.90 Å². The molecule has 2 rings (SSSR count). The zero-order chi connectivity index (χ0) is 19.1. The number of nitrogens with zero attached hydrogens (tertiary/aromatic N) is 1. The van der Waals surface area contributed by atoms with Crippen LogP contribution in [0.5, 0.6) is 5.75 Å². The first kappa shape index (κ1) is 20.2. The van der Waals surface area contributed by atoms with E-state index in [0.29, 0.717) is 17.8 Å². The van der Waals surface area contributed by atoms with Gasteiger partial charge < -0.3 is 4.74 Å². The molecule has 0 aromatic heterocycles. The second kappa shape index (κ2) is 9.54. The van der Waals surface area contributed by atoms with Gasteiger partial charge in [0.05, 0.1) is 0 Å². The summed E-state index contributed by atoms with van der Waals surface area (Å²) in [4.78, 5) is 14.0. The fourth-order valence-corrected chi connectivity index (χ4v) is 3.53. The molecular weight excluding hydrogens is 322 g/mol. The maximum absolute atomic E-state index is 11.5. The lowest BCUT2D eigenvalue weighted by Crippen LogP contribution is -2.38. The van der Waals surface area contributed by atoms with Crippen LogP contribution in [0.3, 0.4) is 0 Å². The van der Waals surface area contributed by atoms with Gasteiger partial charge in [-0.25, -0.2) is 0 Å². The van der Waals surface area contributed by atoms with Gasteiger partial charge in [-0.15, -0.1) is 0 Å². The molecule has 1 atom stereocenters. The zero-order valence-corrected chi connectivity index (χ0v) is 16.5. The average Bonchev–Trinajstić information content (AvgIpc) is 2.59. The molecule has 0 heterocycles. The van der Waals surface area contributed by atoms with Crippen molar-refractivity contribution in [1.29, 1.82) is 0 Å². The molecule has 139 valence electrons. The summed E-state index contributed by atoms with van der Waals surface area (Å²) in [6, 6.07) is 20.1. The van der Waals surface area contributed by atoms with Gasteiger partial charge in [-0.05, 0) is 64.4 Å². The molecule has 2 aromatic rings. The Morgan fingerprint density at radius 1 is 1.08 bits per heavy atom. The summed E-state index contributed by atoms with van der Waals surface area (Å²) in [6.07, 6.45) is 0.951. The molecule has 0 aliphatic rings. The number of ether oxygens (including phenoxy) is 1. The minimum absolute atomic E-state index is 0.156. The van der Waals surface area contributed by atoms with Gasteiger partial charge in [-0.2, -0.15) is 0 Å². The lowest BCUT2D eigenvalue weighted by Gasteiger charge is -2.32. The molecule has 0 amide bonds. The summed E-state index contributed by atoms with van der Waals surface area (Å²) in [6.45, 7) is 11.4. The third-order valence-electron chi connectivity index (χ3n) is 4.69. The Kier molecular flexibility index (Phi) is 7.40. The van der Waals surface area contributed by atoms with E-state index in [4.69, 9.17) is 4.74 Å². The Bertz CT molecular complexity index is 686. The first-order valence-corrected chi connectivity index (χ1v) is 9.39. The third kappa shape index (κ3) is 5.43. The molecule has 0 spiro atoms. The summed E-state index contributed by atoms with van der Waals surface area (Å²) < 4.78 is 5.48. The van der Waals surface area contributed by atoms with Crippen LogP contribution in [0, 0.1) is 6.07 Å². The van der Waals surface area contributed by atoms with E-state index in [-0.39, 0.29) is 11.9 Å². The summed E-state index contributed by atoms with van der Waals surface area (Å²) in [5, 5.41) is 0. The third-order valence-corrected chi connectivity index (χ3v) is 4.69. The van der Waals surface area contributed by atoms with Crippen molar-refractivity contribution >= 4 is 5.97 Å². The Hall–Kier alpha value is -2.13. The van der Waals surface area contributed by atoms with Crippen LogP contribution in [0.25, 0.3) is 0 Å². The van der Waals surface area contributed by atoms with E-state index in [9.17, 15) is 4.79 Å². The molecule has 0 fully saturated rings. The van der Waals surface area contributed by atoms with Crippen LogP contribution in [-0.2, 0) is 4.79 Å². The van der Waals surface area contributed by atoms with Gasteiger partial charge in [0, 0.05) is 30.5 Å². The minimum atomic E-state index is -0.296. The molecule has 2 aromatic carbocycles. The maximum Gasteiger partial charge on any atom is 0.308 e. The van der Waals surface area contributed by atoms with E-state index in [1.54, 1.807) is 6.07 Å². The Balaban J connectivity index is 2.36. The van der Waals surface area contributed by atoms with Crippen molar-refractivity contribution in [2.45, 2.75) is 59.0 Å². The van der Waals surface area contributed by atoms with Gasteiger partial charge in [0.15, 0.2) is 0 Å². The zero-order valence-electron chi connectivity index (χ0n) is 16.5. The molecule has 26 heavy (non-hydrogen) atoms. The van der Waals surface area contributed by atoms with Gasteiger partial charge in [-0.3, -0.25) is 9.69 Å². The normalized spacial score (nSPS) is 12.6. The fraction of sp³-hybridized carbons (Fsp3) is 0.435. The van der Waals surface area contributed by atoms with Crippen molar-refractivity contribution < 1.29 is 9.53 Å². The number of hydrogen-bond donors (Lipinski definition) is 0. The predicted molar refractivity (Wildman–Crippen MR) is 106 cm³/mol. The first-order chi connectivity index (χ1) is 12.4. The highest BCUT2D eigenvalue weighted by Crippen LogP contribution is 2.34. The predicted octanol–water partition coefficient (Wildman–Crippen LogP) is 5.05. The van der Waals surface area contributed by atoms with Crippen molar-refractivity contribution in [3.05, 3.63) is 65.7 Å². The van der Waals surface area contributed by atoms with Gasteiger partial charge in [0.25, 0.3) is 0 Å². The van der Waals surface area contributed by atoms with Crippen molar-refractivity contribution in [2.24, 2.45) is 0 Å². The first-order valence-electron chi connectivity index (χ1n) is 9.39. The van der Waals surface area contributed by atoms with Crippen molar-refractivity contribution in [2.75, 3.05) is 6.54 Å². The fourth-order valence-electron chi connectivity index (χ4n) is 3.53. The summed E-state index contributed by atoms with van der Waals surface area (Å²) in [5.74, 6) is 0.490. The summed E-state index contributed by atoms with van der Waals surface area (Å²) in [5.41, 5.74) is 2.24. The van der Waals surface area contributed by atoms with E-state index in [0.717, 1.165) is 18.5 Å². The highest BCUT2D eigenvalue weighted by Gasteiger charge is 2.22. The molecular formula is C23H30NO2. The van der Waals surface area contributed by atoms with Gasteiger partial charge >= 0.3 is 5.97 Å². The van der Waals surface area contributed by atoms with Crippen molar-refractivity contribution in [3.63, 3.8) is 0 Å². The lowest BCUT2D eigenvalue weighted by atomic mass is 9.87. The molecule has 3 nitrogen and oxygen atoms in total. The number of carbonyl (C=O) groups excluding carboxylic acids is 1. The molecule has 0 bridgehead atoms. The van der Waals surface area contributed by atoms with Crippen LogP contribution < -0.4 is 4.74 Å². The Morgan fingerprint density at radius 3 is 2.31 bits per heavy atom. The van der Waals surface area contributed by atoms with Crippen LogP contribution in [0.15, 0.2) is 48.5 Å². The van der Waals surface area contributed by atoms with E-state index in [1.807, 2.05) is 18.2 Å². The van der Waals surface area contributed by atoms with Gasteiger partial charge in [0.2, 0.25) is 0 Å². The van der Waals surface area contributed by atoms with Gasteiger partial charge in [0.1, 0.15) is 5.75 Å². The molecule has 0 saturated heterocycles. The SMILES string of the molecule is CC(=O)Oc1cc[c]cc1C(CCN(C(C)C)C(C)C)c1ccccc1. The molecule has 3 heteroatoms. The maximum atomic E-state index is 11.5. The second-order valence-electron chi connectivity index (χ2n) is 7.23. The number of rotatable bonds is 8. The van der Waals surface area contributed by atoms with Crippen LogP contribution >= 0.6 is 0 Å². The monoisotopic (exact) mass is 352 g/mol. The average molecular weight is 352 g/mol. The number of hydrogen-bond acceptors (Lipinski definition) is 3. The number of esters is 1. The van der Waals surface area contributed by atoms with Gasteiger partial charge in [-0.1, -0.05) is 36.4 Å². The standard InChI is InChI=1S/C23H30NO2/c1-17(2)24(18(3)4)16-15-21(20-11-7-6-8-12-20)22-13-9-10-14-23(22)26-19(5)25/h6-8,10-14,17-18,21H,15-16H2,1-5H3. The van der Waals surface area contributed by atoms with E-state index in [2.05, 4.69) is 62.9 Å². The molecule has 0 aliphatic heterocycles. The summed E-state index contributed by atoms with van der Waals surface area (Å²) >= 11 is 0. The molecule has 0 aliphatic carbocycles. The topological polar surface area (TPSA) is 29.5 Å². The molecule has 0 saturated carbocycles. The van der Waals surface area contributed by atoms with E-state index < -0.39 is 0 Å².